The maximum atomic E-state index is 5.14. The first-order valence-corrected chi connectivity index (χ1v) is 6.29. The third-order valence-corrected chi connectivity index (χ3v) is 3.88. The van der Waals surface area contributed by atoms with Crippen LogP contribution in [-0.2, 0) is 6.54 Å². The first-order valence-electron chi connectivity index (χ1n) is 5.50. The van der Waals surface area contributed by atoms with Gasteiger partial charge >= 0.3 is 0 Å². The summed E-state index contributed by atoms with van der Waals surface area (Å²) in [6.45, 7) is 6.69. The molecule has 2 rings (SSSR count). The summed E-state index contributed by atoms with van der Waals surface area (Å²) >= 11 is 3.58. The van der Waals surface area contributed by atoms with E-state index in [9.17, 15) is 0 Å². The number of rotatable bonds is 3. The molecule has 0 aliphatic rings. The smallest absolute Gasteiger partial charge is 0.138 e. The minimum absolute atomic E-state index is 0.725. The fourth-order valence-electron chi connectivity index (χ4n) is 1.72. The first-order chi connectivity index (χ1) is 8.09. The molecule has 90 valence electrons. The van der Waals surface area contributed by atoms with E-state index in [4.69, 9.17) is 4.52 Å². The van der Waals surface area contributed by atoms with E-state index < -0.39 is 0 Å². The van der Waals surface area contributed by atoms with E-state index in [0.717, 1.165) is 33.7 Å². The summed E-state index contributed by atoms with van der Waals surface area (Å²) in [7, 11) is 0. The Bertz CT molecular complexity index is 515. The summed E-state index contributed by atoms with van der Waals surface area (Å²) in [6.07, 6.45) is 0. The Morgan fingerprint density at radius 2 is 2.06 bits per heavy atom. The quantitative estimate of drug-likeness (QED) is 0.931. The van der Waals surface area contributed by atoms with Crippen LogP contribution in [0.1, 0.15) is 22.6 Å². The molecule has 0 saturated heterocycles. The zero-order chi connectivity index (χ0) is 12.4. The average molecular weight is 295 g/mol. The van der Waals surface area contributed by atoms with Crippen LogP contribution in [0.2, 0.25) is 0 Å². The zero-order valence-electron chi connectivity index (χ0n) is 10.2. The first kappa shape index (κ1) is 12.2. The highest BCUT2D eigenvalue weighted by Gasteiger charge is 2.09. The number of nitrogens with zero attached hydrogens (tertiary/aromatic N) is 1. The van der Waals surface area contributed by atoms with Crippen LogP contribution in [0, 0.1) is 20.8 Å². The largest absolute Gasteiger partial charge is 0.380 e. The van der Waals surface area contributed by atoms with Crippen LogP contribution in [0.4, 0.5) is 5.69 Å². The molecule has 2 aromatic rings. The number of aryl methyl sites for hydroxylation is 3. The van der Waals surface area contributed by atoms with E-state index >= 15 is 0 Å². The fraction of sp³-hybridized carbons (Fsp3) is 0.308. The number of benzene rings is 1. The van der Waals surface area contributed by atoms with Crippen molar-refractivity contribution < 1.29 is 4.52 Å². The van der Waals surface area contributed by atoms with Crippen molar-refractivity contribution >= 4 is 21.6 Å². The second-order valence-corrected chi connectivity index (χ2v) is 4.89. The maximum absolute atomic E-state index is 5.14. The minimum Gasteiger partial charge on any atom is -0.380 e. The third-order valence-electron chi connectivity index (χ3n) is 2.83. The Morgan fingerprint density at radius 1 is 1.29 bits per heavy atom. The van der Waals surface area contributed by atoms with Gasteiger partial charge in [0.25, 0.3) is 0 Å². The molecule has 0 radical (unpaired) electrons. The van der Waals surface area contributed by atoms with Crippen LogP contribution in [-0.4, -0.2) is 5.16 Å². The summed E-state index contributed by atoms with van der Waals surface area (Å²) in [5.41, 5.74) is 4.37. The molecule has 0 spiro atoms. The van der Waals surface area contributed by atoms with Crippen LogP contribution >= 0.6 is 15.9 Å². The molecule has 1 aromatic carbocycles. The molecule has 0 saturated carbocycles. The van der Waals surface area contributed by atoms with E-state index in [1.165, 1.54) is 5.56 Å². The van der Waals surface area contributed by atoms with Crippen molar-refractivity contribution in [3.8, 4) is 0 Å². The summed E-state index contributed by atoms with van der Waals surface area (Å²) in [4.78, 5) is 0. The summed E-state index contributed by atoms with van der Waals surface area (Å²) in [5, 5.41) is 7.33. The number of nitrogens with one attached hydrogen (secondary N) is 1. The molecule has 0 unspecified atom stereocenters. The average Bonchev–Trinajstić information content (AvgIpc) is 2.62. The van der Waals surface area contributed by atoms with Crippen LogP contribution in [0.15, 0.2) is 27.2 Å². The summed E-state index contributed by atoms with van der Waals surface area (Å²) in [5.74, 6) is 0.874. The predicted octanol–water partition coefficient (Wildman–Crippen LogP) is 3.97. The van der Waals surface area contributed by atoms with Crippen LogP contribution < -0.4 is 5.32 Å². The third kappa shape index (κ3) is 2.52. The fourth-order valence-corrected chi connectivity index (χ4v) is 2.13. The Kier molecular flexibility index (Phi) is 3.52. The highest BCUT2D eigenvalue weighted by molar-refractivity contribution is 9.10. The van der Waals surface area contributed by atoms with Crippen LogP contribution in [0.5, 0.6) is 0 Å². The lowest BCUT2D eigenvalue weighted by molar-refractivity contribution is 0.392. The van der Waals surface area contributed by atoms with Gasteiger partial charge in [-0.1, -0.05) is 17.3 Å². The van der Waals surface area contributed by atoms with E-state index in [1.54, 1.807) is 0 Å². The molecule has 4 heteroatoms. The molecule has 0 aliphatic carbocycles. The zero-order valence-corrected chi connectivity index (χ0v) is 11.8. The molecule has 0 aliphatic heterocycles. The lowest BCUT2D eigenvalue weighted by atomic mass is 10.2. The van der Waals surface area contributed by atoms with Gasteiger partial charge in [-0.15, -0.1) is 0 Å². The van der Waals surface area contributed by atoms with Crippen molar-refractivity contribution in [1.29, 1.82) is 0 Å². The normalized spacial score (nSPS) is 10.6. The highest BCUT2D eigenvalue weighted by Crippen LogP contribution is 2.26. The van der Waals surface area contributed by atoms with Crippen LogP contribution in [0.3, 0.4) is 0 Å². The molecule has 17 heavy (non-hydrogen) atoms. The highest BCUT2D eigenvalue weighted by atomic mass is 79.9. The van der Waals surface area contributed by atoms with Gasteiger partial charge < -0.3 is 9.84 Å². The monoisotopic (exact) mass is 294 g/mol. The molecular formula is C13H15BrN2O. The second kappa shape index (κ2) is 4.92. The van der Waals surface area contributed by atoms with Gasteiger partial charge in [0.1, 0.15) is 5.76 Å². The van der Waals surface area contributed by atoms with Crippen molar-refractivity contribution in [3.05, 3.63) is 45.3 Å². The van der Waals surface area contributed by atoms with Crippen molar-refractivity contribution in [2.45, 2.75) is 27.3 Å². The Morgan fingerprint density at radius 3 is 2.71 bits per heavy atom. The topological polar surface area (TPSA) is 38.1 Å². The standard InChI is InChI=1S/C13H15BrN2O/c1-8-5-4-6-12(13(8)14)15-7-11-9(2)16-17-10(11)3/h4-6,15H,7H2,1-3H3. The van der Waals surface area contributed by atoms with Gasteiger partial charge in [-0.3, -0.25) is 0 Å². The van der Waals surface area contributed by atoms with Gasteiger partial charge in [-0.25, -0.2) is 0 Å². The molecule has 0 atom stereocenters. The SMILES string of the molecule is Cc1cccc(NCc2c(C)noc2C)c1Br. The number of anilines is 1. The van der Waals surface area contributed by atoms with Crippen molar-refractivity contribution in [2.75, 3.05) is 5.32 Å². The van der Waals surface area contributed by atoms with Gasteiger partial charge in [0.05, 0.1) is 5.69 Å². The Hall–Kier alpha value is -1.29. The molecule has 1 N–H and O–H groups in total. The molecule has 3 nitrogen and oxygen atoms in total. The molecular weight excluding hydrogens is 280 g/mol. The van der Waals surface area contributed by atoms with E-state index in [1.807, 2.05) is 19.9 Å². The van der Waals surface area contributed by atoms with E-state index in [-0.39, 0.29) is 0 Å². The lowest BCUT2D eigenvalue weighted by Crippen LogP contribution is -2.02. The number of aromatic nitrogens is 1. The molecule has 0 bridgehead atoms. The maximum Gasteiger partial charge on any atom is 0.138 e. The minimum atomic E-state index is 0.725. The second-order valence-electron chi connectivity index (χ2n) is 4.09. The van der Waals surface area contributed by atoms with Gasteiger partial charge in [0.15, 0.2) is 0 Å². The van der Waals surface area contributed by atoms with Gasteiger partial charge in [-0.2, -0.15) is 0 Å². The van der Waals surface area contributed by atoms with Gasteiger partial charge in [-0.05, 0) is 48.3 Å². The summed E-state index contributed by atoms with van der Waals surface area (Å²) in [6, 6.07) is 6.16. The molecule has 0 fully saturated rings. The number of hydrogen-bond donors (Lipinski definition) is 1. The van der Waals surface area contributed by atoms with Gasteiger partial charge in [0, 0.05) is 22.3 Å². The lowest BCUT2D eigenvalue weighted by Gasteiger charge is -2.09. The van der Waals surface area contributed by atoms with Gasteiger partial charge in [0.2, 0.25) is 0 Å². The molecule has 0 amide bonds. The predicted molar refractivity (Wildman–Crippen MR) is 72.2 cm³/mol. The molecule has 1 aromatic heterocycles. The van der Waals surface area contributed by atoms with Crippen molar-refractivity contribution in [1.82, 2.24) is 5.16 Å². The van der Waals surface area contributed by atoms with Crippen molar-refractivity contribution in [3.63, 3.8) is 0 Å². The number of halogens is 1. The van der Waals surface area contributed by atoms with Crippen LogP contribution in [0.25, 0.3) is 0 Å². The van der Waals surface area contributed by atoms with E-state index in [2.05, 4.69) is 45.5 Å². The Labute approximate surface area is 109 Å². The van der Waals surface area contributed by atoms with E-state index in [0.29, 0.717) is 0 Å². The number of hydrogen-bond acceptors (Lipinski definition) is 3. The Balaban J connectivity index is 2.15. The summed E-state index contributed by atoms with van der Waals surface area (Å²) < 4.78 is 6.24. The van der Waals surface area contributed by atoms with Crippen molar-refractivity contribution in [2.24, 2.45) is 0 Å². The molecule has 1 heterocycles.